The molecule has 0 saturated carbocycles. The zero-order valence-corrected chi connectivity index (χ0v) is 21.5. The van der Waals surface area contributed by atoms with Gasteiger partial charge in [-0.15, -0.1) is 0 Å². The third kappa shape index (κ3) is 5.57. The summed E-state index contributed by atoms with van der Waals surface area (Å²) in [6.45, 7) is 8.03. The van der Waals surface area contributed by atoms with Crippen LogP contribution in [0.3, 0.4) is 0 Å². The number of carbonyl (C=O) groups excluding carboxylic acids is 2. The molecule has 2 N–H and O–H groups in total. The van der Waals surface area contributed by atoms with Crippen LogP contribution in [0.5, 0.6) is 17.2 Å². The number of likely N-dealkylation sites (tertiary alicyclic amines) is 1. The molecule has 0 aromatic heterocycles. The molecule has 1 atom stereocenters. The molecule has 2 aromatic rings. The van der Waals surface area contributed by atoms with E-state index in [1.807, 2.05) is 13.8 Å². The number of carbonyl (C=O) groups is 2. The van der Waals surface area contributed by atoms with E-state index in [1.165, 1.54) is 18.1 Å². The number of aryl methyl sites for hydroxylation is 1. The number of hydrogen-bond donors (Lipinski definition) is 2. The number of rotatable bonds is 9. The van der Waals surface area contributed by atoms with Crippen molar-refractivity contribution in [1.29, 1.82) is 0 Å². The smallest absolute Gasteiger partial charge is 0.295 e. The lowest BCUT2D eigenvalue weighted by molar-refractivity contribution is -0.140. The summed E-state index contributed by atoms with van der Waals surface area (Å²) in [6.07, 6.45) is 0.866. The van der Waals surface area contributed by atoms with E-state index >= 15 is 0 Å². The van der Waals surface area contributed by atoms with Crippen molar-refractivity contribution in [1.82, 2.24) is 9.80 Å². The van der Waals surface area contributed by atoms with Gasteiger partial charge in [-0.05, 0) is 54.8 Å². The van der Waals surface area contributed by atoms with Crippen molar-refractivity contribution >= 4 is 17.4 Å². The molecule has 9 nitrogen and oxygen atoms in total. The summed E-state index contributed by atoms with van der Waals surface area (Å²) in [5.74, 6) is -0.829. The molecular formula is C28H34N2O7. The van der Waals surface area contributed by atoms with Gasteiger partial charge in [0, 0.05) is 31.7 Å². The number of ketones is 1. The zero-order valence-electron chi connectivity index (χ0n) is 21.5. The Kier molecular flexibility index (Phi) is 8.35. The van der Waals surface area contributed by atoms with Crippen molar-refractivity contribution in [2.24, 2.45) is 0 Å². The normalized spacial score (nSPS) is 19.9. The summed E-state index contributed by atoms with van der Waals surface area (Å²) in [5, 5.41) is 21.5. The second-order valence-electron chi connectivity index (χ2n) is 9.21. The van der Waals surface area contributed by atoms with E-state index in [0.717, 1.165) is 25.1 Å². The van der Waals surface area contributed by atoms with Crippen LogP contribution in [0, 0.1) is 6.92 Å². The van der Waals surface area contributed by atoms with Crippen LogP contribution in [0.4, 0.5) is 0 Å². The van der Waals surface area contributed by atoms with Gasteiger partial charge in [-0.3, -0.25) is 14.5 Å². The molecule has 37 heavy (non-hydrogen) atoms. The topological polar surface area (TPSA) is 109 Å². The minimum atomic E-state index is -0.841. The molecule has 0 bridgehead atoms. The number of aliphatic hydroxyl groups is 1. The van der Waals surface area contributed by atoms with Crippen molar-refractivity contribution < 1.29 is 34.0 Å². The lowest BCUT2D eigenvalue weighted by Gasteiger charge is -2.31. The lowest BCUT2D eigenvalue weighted by Crippen LogP contribution is -2.42. The minimum Gasteiger partial charge on any atom is -0.507 e. The van der Waals surface area contributed by atoms with Gasteiger partial charge >= 0.3 is 0 Å². The van der Waals surface area contributed by atoms with E-state index in [2.05, 4.69) is 4.90 Å². The molecule has 4 rings (SSSR count). The summed E-state index contributed by atoms with van der Waals surface area (Å²) in [5.41, 5.74) is 1.78. The van der Waals surface area contributed by atoms with E-state index in [-0.39, 0.29) is 29.4 Å². The molecule has 2 fully saturated rings. The molecule has 2 aliphatic rings. The predicted molar refractivity (Wildman–Crippen MR) is 138 cm³/mol. The molecule has 0 radical (unpaired) electrons. The first-order valence-electron chi connectivity index (χ1n) is 12.5. The number of benzene rings is 2. The molecule has 0 aliphatic carbocycles. The van der Waals surface area contributed by atoms with Crippen molar-refractivity contribution in [2.75, 3.05) is 53.1 Å². The van der Waals surface area contributed by atoms with E-state index in [0.29, 0.717) is 43.2 Å². The molecule has 2 aliphatic heterocycles. The van der Waals surface area contributed by atoms with Gasteiger partial charge < -0.3 is 29.3 Å². The molecule has 1 amide bonds. The quantitative estimate of drug-likeness (QED) is 0.301. The Labute approximate surface area is 216 Å². The lowest BCUT2D eigenvalue weighted by atomic mass is 9.94. The van der Waals surface area contributed by atoms with Gasteiger partial charge in [0.15, 0.2) is 11.5 Å². The predicted octanol–water partition coefficient (Wildman–Crippen LogP) is 3.25. The van der Waals surface area contributed by atoms with Crippen LogP contribution < -0.4 is 9.47 Å². The molecule has 1 unspecified atom stereocenters. The number of Topliss-reactive ketones (excluding diaryl/α,β-unsaturated/α-hetero) is 1. The van der Waals surface area contributed by atoms with Gasteiger partial charge in [-0.1, -0.05) is 13.0 Å². The monoisotopic (exact) mass is 510 g/mol. The molecule has 9 heteroatoms. The Morgan fingerprint density at radius 2 is 1.84 bits per heavy atom. The van der Waals surface area contributed by atoms with Crippen LogP contribution in [-0.2, 0) is 14.3 Å². The van der Waals surface area contributed by atoms with E-state index in [4.69, 9.17) is 14.2 Å². The summed E-state index contributed by atoms with van der Waals surface area (Å²) in [6, 6.07) is 9.03. The van der Waals surface area contributed by atoms with Gasteiger partial charge in [0.1, 0.15) is 11.5 Å². The maximum absolute atomic E-state index is 13.3. The van der Waals surface area contributed by atoms with Crippen LogP contribution in [0.25, 0.3) is 5.76 Å². The summed E-state index contributed by atoms with van der Waals surface area (Å²) < 4.78 is 16.4. The van der Waals surface area contributed by atoms with Gasteiger partial charge in [0.25, 0.3) is 11.7 Å². The average molecular weight is 511 g/mol. The number of ether oxygens (including phenoxy) is 3. The Morgan fingerprint density at radius 1 is 1.08 bits per heavy atom. The van der Waals surface area contributed by atoms with E-state index in [1.54, 1.807) is 30.3 Å². The molecule has 198 valence electrons. The highest BCUT2D eigenvalue weighted by Gasteiger charge is 2.46. The van der Waals surface area contributed by atoms with Crippen molar-refractivity contribution in [3.05, 3.63) is 58.7 Å². The number of aromatic hydroxyl groups is 1. The standard InChI is InChI=1S/C28H34N2O7/c1-4-13-37-22-8-6-20(16-18(22)2)26(32)24-25(19-5-7-21(31)23(17-19)35-3)30(28(34)27(24)33)10-9-29-11-14-36-15-12-29/h5-8,16-17,25,31-32H,4,9-15H2,1-3H3. The Balaban J connectivity index is 1.75. The number of methoxy groups -OCH3 is 1. The van der Waals surface area contributed by atoms with Crippen LogP contribution in [0.1, 0.15) is 36.1 Å². The SMILES string of the molecule is CCCOc1ccc(C(O)=C2C(=O)C(=O)N(CCN3CCOCC3)C2c2ccc(O)c(OC)c2)cc1C. The first-order chi connectivity index (χ1) is 17.8. The highest BCUT2D eigenvalue weighted by atomic mass is 16.5. The molecular weight excluding hydrogens is 476 g/mol. The summed E-state index contributed by atoms with van der Waals surface area (Å²) in [7, 11) is 1.43. The average Bonchev–Trinajstić information content (AvgIpc) is 3.16. The number of hydrogen-bond acceptors (Lipinski definition) is 8. The molecule has 0 spiro atoms. The van der Waals surface area contributed by atoms with Crippen LogP contribution in [0.2, 0.25) is 0 Å². The first kappa shape index (κ1) is 26.5. The van der Waals surface area contributed by atoms with Gasteiger partial charge in [-0.2, -0.15) is 0 Å². The fourth-order valence-corrected chi connectivity index (χ4v) is 4.72. The fourth-order valence-electron chi connectivity index (χ4n) is 4.72. The third-order valence-electron chi connectivity index (χ3n) is 6.73. The van der Waals surface area contributed by atoms with Crippen LogP contribution >= 0.6 is 0 Å². The fraction of sp³-hybridized carbons (Fsp3) is 0.429. The Hall–Kier alpha value is -3.56. The molecule has 2 saturated heterocycles. The third-order valence-corrected chi connectivity index (χ3v) is 6.73. The highest BCUT2D eigenvalue weighted by Crippen LogP contribution is 2.42. The number of aliphatic hydroxyl groups excluding tert-OH is 1. The number of nitrogens with zero attached hydrogens (tertiary/aromatic N) is 2. The molecule has 2 heterocycles. The Bertz CT molecular complexity index is 1190. The van der Waals surface area contributed by atoms with E-state index < -0.39 is 17.7 Å². The highest BCUT2D eigenvalue weighted by molar-refractivity contribution is 6.46. The Morgan fingerprint density at radius 3 is 2.51 bits per heavy atom. The zero-order chi connectivity index (χ0) is 26.5. The maximum Gasteiger partial charge on any atom is 0.295 e. The summed E-state index contributed by atoms with van der Waals surface area (Å²) >= 11 is 0. The van der Waals surface area contributed by atoms with Crippen molar-refractivity contribution in [3.8, 4) is 17.2 Å². The number of phenolic OH excluding ortho intramolecular Hbond substituents is 1. The van der Waals surface area contributed by atoms with Gasteiger partial charge in [0.05, 0.1) is 38.5 Å². The second-order valence-corrected chi connectivity index (χ2v) is 9.21. The minimum absolute atomic E-state index is 0.00125. The number of amides is 1. The first-order valence-corrected chi connectivity index (χ1v) is 12.5. The number of phenols is 1. The van der Waals surface area contributed by atoms with Gasteiger partial charge in [-0.25, -0.2) is 0 Å². The van der Waals surface area contributed by atoms with E-state index in [9.17, 15) is 19.8 Å². The number of morpholine rings is 1. The van der Waals surface area contributed by atoms with Crippen LogP contribution in [0.15, 0.2) is 42.0 Å². The maximum atomic E-state index is 13.3. The largest absolute Gasteiger partial charge is 0.507 e. The van der Waals surface area contributed by atoms with Gasteiger partial charge in [0.2, 0.25) is 0 Å². The second kappa shape index (κ2) is 11.7. The summed E-state index contributed by atoms with van der Waals surface area (Å²) in [4.78, 5) is 30.3. The van der Waals surface area contributed by atoms with Crippen molar-refractivity contribution in [3.63, 3.8) is 0 Å². The molecule has 2 aromatic carbocycles. The van der Waals surface area contributed by atoms with Crippen LogP contribution in [-0.4, -0.2) is 84.8 Å². The van der Waals surface area contributed by atoms with Crippen molar-refractivity contribution in [2.45, 2.75) is 26.3 Å².